The Morgan fingerprint density at radius 2 is 1.67 bits per heavy atom. The summed E-state index contributed by atoms with van der Waals surface area (Å²) in [6.07, 6.45) is 1.54. The molecule has 6 nitrogen and oxygen atoms in total. The maximum Gasteiger partial charge on any atom is 0.267 e. The summed E-state index contributed by atoms with van der Waals surface area (Å²) in [4.78, 5) is 27.7. The minimum Gasteiger partial charge on any atom is -0.463 e. The third-order valence-corrected chi connectivity index (χ3v) is 4.84. The number of para-hydroxylation sites is 1. The standard InChI is InChI=1S/C24H21N3O3/c1-18(27-23(28)15-14-21(25-27)22-13-8-16-30-22)24(29)26(20-11-6-3-7-12-20)17-19-9-4-2-5-10-19/h2-16,18H,17H2,1H3. The molecular formula is C24H21N3O3. The van der Waals surface area contributed by atoms with Crippen molar-refractivity contribution in [1.82, 2.24) is 9.78 Å². The van der Waals surface area contributed by atoms with Crippen LogP contribution in [-0.2, 0) is 11.3 Å². The molecule has 4 rings (SSSR count). The fourth-order valence-corrected chi connectivity index (χ4v) is 3.26. The second kappa shape index (κ2) is 8.61. The zero-order chi connectivity index (χ0) is 20.9. The van der Waals surface area contributed by atoms with Gasteiger partial charge in [0.2, 0.25) is 0 Å². The Bertz CT molecular complexity index is 1170. The van der Waals surface area contributed by atoms with Crippen molar-refractivity contribution < 1.29 is 9.21 Å². The molecule has 1 amide bonds. The Balaban J connectivity index is 1.69. The lowest BCUT2D eigenvalue weighted by molar-refractivity contribution is -0.121. The molecule has 4 aromatic rings. The SMILES string of the molecule is CC(C(=O)N(Cc1ccccc1)c1ccccc1)n1nc(-c2ccco2)ccc1=O. The van der Waals surface area contributed by atoms with Crippen molar-refractivity contribution >= 4 is 11.6 Å². The van der Waals surface area contributed by atoms with Crippen molar-refractivity contribution in [3.8, 4) is 11.5 Å². The van der Waals surface area contributed by atoms with Crippen LogP contribution < -0.4 is 10.5 Å². The summed E-state index contributed by atoms with van der Waals surface area (Å²) in [7, 11) is 0. The number of furan rings is 1. The number of benzene rings is 2. The average molecular weight is 399 g/mol. The average Bonchev–Trinajstić information content (AvgIpc) is 3.33. The van der Waals surface area contributed by atoms with Crippen molar-refractivity contribution in [2.24, 2.45) is 0 Å². The Morgan fingerprint density at radius 3 is 2.33 bits per heavy atom. The van der Waals surface area contributed by atoms with Crippen LogP contribution in [0.1, 0.15) is 18.5 Å². The first-order chi connectivity index (χ1) is 14.6. The highest BCUT2D eigenvalue weighted by molar-refractivity contribution is 5.95. The molecule has 0 aliphatic carbocycles. The van der Waals surface area contributed by atoms with Gasteiger partial charge in [0.25, 0.3) is 11.5 Å². The number of carbonyl (C=O) groups excluding carboxylic acids is 1. The molecular weight excluding hydrogens is 378 g/mol. The molecule has 0 saturated carbocycles. The molecule has 6 heteroatoms. The third-order valence-electron chi connectivity index (χ3n) is 4.84. The zero-order valence-corrected chi connectivity index (χ0v) is 16.5. The molecule has 30 heavy (non-hydrogen) atoms. The summed E-state index contributed by atoms with van der Waals surface area (Å²) in [6.45, 7) is 2.07. The van der Waals surface area contributed by atoms with Crippen molar-refractivity contribution in [1.29, 1.82) is 0 Å². The van der Waals surface area contributed by atoms with E-state index in [1.807, 2.05) is 60.7 Å². The summed E-state index contributed by atoms with van der Waals surface area (Å²) in [5, 5.41) is 4.38. The van der Waals surface area contributed by atoms with Crippen LogP contribution in [0.15, 0.2) is 100 Å². The highest BCUT2D eigenvalue weighted by atomic mass is 16.3. The predicted molar refractivity (Wildman–Crippen MR) is 115 cm³/mol. The summed E-state index contributed by atoms with van der Waals surface area (Å²) >= 11 is 0. The van der Waals surface area contributed by atoms with Gasteiger partial charge in [-0.1, -0.05) is 48.5 Å². The fraction of sp³-hybridized carbons (Fsp3) is 0.125. The molecule has 2 aromatic carbocycles. The summed E-state index contributed by atoms with van der Waals surface area (Å²) < 4.78 is 6.59. The van der Waals surface area contributed by atoms with E-state index in [-0.39, 0.29) is 11.5 Å². The number of hydrogen-bond donors (Lipinski definition) is 0. The number of anilines is 1. The molecule has 2 heterocycles. The number of amides is 1. The Labute approximate surface area is 174 Å². The van der Waals surface area contributed by atoms with E-state index < -0.39 is 6.04 Å². The van der Waals surface area contributed by atoms with Crippen molar-refractivity contribution in [3.63, 3.8) is 0 Å². The maximum atomic E-state index is 13.5. The van der Waals surface area contributed by atoms with Crippen LogP contribution >= 0.6 is 0 Å². The first-order valence-corrected chi connectivity index (χ1v) is 9.67. The number of rotatable bonds is 6. The minimum atomic E-state index is -0.795. The number of aromatic nitrogens is 2. The van der Waals surface area contributed by atoms with Gasteiger partial charge < -0.3 is 9.32 Å². The lowest BCUT2D eigenvalue weighted by Gasteiger charge is -2.26. The van der Waals surface area contributed by atoms with E-state index in [9.17, 15) is 9.59 Å². The minimum absolute atomic E-state index is 0.226. The first kappa shape index (κ1) is 19.4. The van der Waals surface area contributed by atoms with Crippen molar-refractivity contribution in [2.45, 2.75) is 19.5 Å². The van der Waals surface area contributed by atoms with Gasteiger partial charge in [-0.2, -0.15) is 5.10 Å². The predicted octanol–water partition coefficient (Wildman–Crippen LogP) is 4.30. The van der Waals surface area contributed by atoms with Gasteiger partial charge in [-0.25, -0.2) is 4.68 Å². The van der Waals surface area contributed by atoms with Gasteiger partial charge in [0.1, 0.15) is 11.7 Å². The Morgan fingerprint density at radius 1 is 0.967 bits per heavy atom. The van der Waals surface area contributed by atoms with E-state index in [4.69, 9.17) is 4.42 Å². The summed E-state index contributed by atoms with van der Waals surface area (Å²) in [5.74, 6) is 0.309. The number of carbonyl (C=O) groups is 1. The van der Waals surface area contributed by atoms with Crippen LogP contribution in [-0.4, -0.2) is 15.7 Å². The molecule has 0 radical (unpaired) electrons. The lowest BCUT2D eigenvalue weighted by Crippen LogP contribution is -2.40. The highest BCUT2D eigenvalue weighted by Crippen LogP contribution is 2.22. The van der Waals surface area contributed by atoms with Crippen LogP contribution in [0.4, 0.5) is 5.69 Å². The molecule has 0 N–H and O–H groups in total. The van der Waals surface area contributed by atoms with Gasteiger partial charge >= 0.3 is 0 Å². The second-order valence-corrected chi connectivity index (χ2v) is 6.90. The molecule has 0 bridgehead atoms. The molecule has 0 fully saturated rings. The monoisotopic (exact) mass is 399 g/mol. The fourth-order valence-electron chi connectivity index (χ4n) is 3.26. The van der Waals surface area contributed by atoms with Crippen LogP contribution in [0.25, 0.3) is 11.5 Å². The van der Waals surface area contributed by atoms with Gasteiger partial charge in [0.15, 0.2) is 5.76 Å². The lowest BCUT2D eigenvalue weighted by atomic mass is 10.1. The van der Waals surface area contributed by atoms with Crippen LogP contribution in [0.5, 0.6) is 0 Å². The topological polar surface area (TPSA) is 68.3 Å². The highest BCUT2D eigenvalue weighted by Gasteiger charge is 2.25. The molecule has 1 atom stereocenters. The zero-order valence-electron chi connectivity index (χ0n) is 16.5. The van der Waals surface area contributed by atoms with E-state index in [0.717, 1.165) is 11.3 Å². The Hall–Kier alpha value is -3.93. The van der Waals surface area contributed by atoms with Gasteiger partial charge in [0, 0.05) is 11.8 Å². The van der Waals surface area contributed by atoms with Crippen molar-refractivity contribution in [3.05, 3.63) is 107 Å². The summed E-state index contributed by atoms with van der Waals surface area (Å²) in [5.41, 5.74) is 1.90. The van der Waals surface area contributed by atoms with E-state index in [2.05, 4.69) is 5.10 Å². The molecule has 0 aliphatic rings. The quantitative estimate of drug-likeness (QED) is 0.485. The molecule has 2 aromatic heterocycles. The van der Waals surface area contributed by atoms with E-state index in [1.165, 1.54) is 17.0 Å². The largest absolute Gasteiger partial charge is 0.463 e. The van der Waals surface area contributed by atoms with Crippen LogP contribution in [0.2, 0.25) is 0 Å². The summed E-state index contributed by atoms with van der Waals surface area (Å²) in [6, 6.07) is 24.9. The van der Waals surface area contributed by atoms with E-state index in [0.29, 0.717) is 18.0 Å². The molecule has 0 aliphatic heterocycles. The molecule has 1 unspecified atom stereocenters. The van der Waals surface area contributed by atoms with Crippen molar-refractivity contribution in [2.75, 3.05) is 4.90 Å². The van der Waals surface area contributed by atoms with Gasteiger partial charge in [-0.15, -0.1) is 0 Å². The van der Waals surface area contributed by atoms with Crippen LogP contribution in [0.3, 0.4) is 0 Å². The van der Waals surface area contributed by atoms with Gasteiger partial charge in [-0.3, -0.25) is 9.59 Å². The number of hydrogen-bond acceptors (Lipinski definition) is 4. The Kier molecular flexibility index (Phi) is 5.57. The molecule has 150 valence electrons. The molecule has 0 saturated heterocycles. The van der Waals surface area contributed by atoms with Gasteiger partial charge in [-0.05, 0) is 42.8 Å². The second-order valence-electron chi connectivity index (χ2n) is 6.90. The van der Waals surface area contributed by atoms with E-state index in [1.54, 1.807) is 30.0 Å². The third kappa shape index (κ3) is 4.07. The van der Waals surface area contributed by atoms with E-state index >= 15 is 0 Å². The number of nitrogens with zero attached hydrogens (tertiary/aromatic N) is 3. The smallest absolute Gasteiger partial charge is 0.267 e. The van der Waals surface area contributed by atoms with Crippen LogP contribution in [0, 0.1) is 0 Å². The molecule has 0 spiro atoms. The first-order valence-electron chi connectivity index (χ1n) is 9.67. The van der Waals surface area contributed by atoms with Gasteiger partial charge in [0.05, 0.1) is 12.8 Å². The maximum absolute atomic E-state index is 13.5. The normalized spacial score (nSPS) is 11.8.